The predicted octanol–water partition coefficient (Wildman–Crippen LogP) is 4.50. The van der Waals surface area contributed by atoms with Gasteiger partial charge < -0.3 is 15.2 Å². The van der Waals surface area contributed by atoms with E-state index in [4.69, 9.17) is 16.3 Å². The molecule has 1 aliphatic carbocycles. The first-order valence-corrected chi connectivity index (χ1v) is 8.81. The van der Waals surface area contributed by atoms with E-state index in [0.29, 0.717) is 11.4 Å². The predicted molar refractivity (Wildman–Crippen MR) is 96.4 cm³/mol. The number of aliphatic hydroxyl groups is 1. The Kier molecular flexibility index (Phi) is 5.50. The molecule has 24 heavy (non-hydrogen) atoms. The minimum absolute atomic E-state index is 0.0882. The average Bonchev–Trinajstić information content (AvgIpc) is 2.80. The second-order valence-corrected chi connectivity index (χ2v) is 8.67. The molecule has 1 fully saturated rings. The summed E-state index contributed by atoms with van der Waals surface area (Å²) in [6, 6.07) is 7.62. The molecule has 1 aromatic carbocycles. The third-order valence-electron chi connectivity index (χ3n) is 4.54. The van der Waals surface area contributed by atoms with Crippen LogP contribution in [0, 0.1) is 5.92 Å². The van der Waals surface area contributed by atoms with E-state index in [1.807, 2.05) is 58.9 Å². The third-order valence-corrected chi connectivity index (χ3v) is 4.78. The van der Waals surface area contributed by atoms with Gasteiger partial charge in [-0.1, -0.05) is 23.7 Å². The Balaban J connectivity index is 2.19. The Morgan fingerprint density at radius 1 is 1.25 bits per heavy atom. The number of carbonyl (C=O) groups is 1. The van der Waals surface area contributed by atoms with E-state index < -0.39 is 17.3 Å². The fourth-order valence-corrected chi connectivity index (χ4v) is 3.54. The molecule has 0 unspecified atom stereocenters. The number of alkyl carbamates (subject to hydrolysis) is 1. The number of hydrogen-bond donors (Lipinski definition) is 2. The summed E-state index contributed by atoms with van der Waals surface area (Å²) in [5.74, 6) is 0.203. The highest BCUT2D eigenvalue weighted by molar-refractivity contribution is 6.30. The standard InChI is InChI=1S/C19H28ClNO3/c1-18(2,3)24-17(22)21-16-11-13(19(4,5)23)10-15(16)12-7-6-8-14(20)9-12/h6-9,13,15-16,23H,10-11H2,1-5H3,(H,21,22)/t13-,15+,16-/m1/s1. The van der Waals surface area contributed by atoms with Gasteiger partial charge in [0, 0.05) is 17.0 Å². The fourth-order valence-electron chi connectivity index (χ4n) is 3.34. The molecule has 134 valence electrons. The molecule has 0 aliphatic heterocycles. The van der Waals surface area contributed by atoms with Gasteiger partial charge in [0.05, 0.1) is 5.60 Å². The SMILES string of the molecule is CC(C)(C)OC(=O)N[C@@H]1C[C@H](C(C)(C)O)C[C@H]1c1cccc(Cl)c1. The van der Waals surface area contributed by atoms with Gasteiger partial charge >= 0.3 is 6.09 Å². The normalized spacial score (nSPS) is 24.7. The Hall–Kier alpha value is -1.26. The molecule has 2 N–H and O–H groups in total. The lowest BCUT2D eigenvalue weighted by Gasteiger charge is -2.26. The number of carbonyl (C=O) groups excluding carboxylic acids is 1. The number of nitrogens with one attached hydrogen (secondary N) is 1. The first-order chi connectivity index (χ1) is 11.0. The van der Waals surface area contributed by atoms with Gasteiger partial charge in [-0.15, -0.1) is 0 Å². The summed E-state index contributed by atoms with van der Waals surface area (Å²) in [7, 11) is 0. The highest BCUT2D eigenvalue weighted by atomic mass is 35.5. The summed E-state index contributed by atoms with van der Waals surface area (Å²) in [4.78, 5) is 12.2. The summed E-state index contributed by atoms with van der Waals surface area (Å²) in [5, 5.41) is 14.1. The molecule has 1 aromatic rings. The molecule has 1 amide bonds. The van der Waals surface area contributed by atoms with Crippen LogP contribution >= 0.6 is 11.6 Å². The van der Waals surface area contributed by atoms with Crippen LogP contribution in [0.5, 0.6) is 0 Å². The molecule has 1 saturated carbocycles. The van der Waals surface area contributed by atoms with E-state index in [1.165, 1.54) is 0 Å². The largest absolute Gasteiger partial charge is 0.444 e. The lowest BCUT2D eigenvalue weighted by Crippen LogP contribution is -2.40. The van der Waals surface area contributed by atoms with Crippen LogP contribution in [-0.2, 0) is 4.74 Å². The third kappa shape index (κ3) is 5.12. The van der Waals surface area contributed by atoms with Crippen LogP contribution in [0.4, 0.5) is 4.79 Å². The molecular weight excluding hydrogens is 326 g/mol. The van der Waals surface area contributed by atoms with E-state index in [-0.39, 0.29) is 17.9 Å². The van der Waals surface area contributed by atoms with Crippen LogP contribution in [0.25, 0.3) is 0 Å². The van der Waals surface area contributed by atoms with Crippen LogP contribution < -0.4 is 5.32 Å². The van der Waals surface area contributed by atoms with E-state index in [9.17, 15) is 9.90 Å². The molecule has 0 saturated heterocycles. The van der Waals surface area contributed by atoms with Crippen molar-refractivity contribution >= 4 is 17.7 Å². The summed E-state index contributed by atoms with van der Waals surface area (Å²) in [6.07, 6.45) is 1.08. The van der Waals surface area contributed by atoms with Gasteiger partial charge in [-0.25, -0.2) is 4.79 Å². The summed E-state index contributed by atoms with van der Waals surface area (Å²) < 4.78 is 5.39. The molecule has 3 atom stereocenters. The van der Waals surface area contributed by atoms with Gasteiger partial charge in [-0.2, -0.15) is 0 Å². The number of ether oxygens (including phenoxy) is 1. The van der Waals surface area contributed by atoms with Crippen molar-refractivity contribution in [2.45, 2.75) is 70.6 Å². The lowest BCUT2D eigenvalue weighted by atomic mass is 9.87. The molecule has 0 aromatic heterocycles. The van der Waals surface area contributed by atoms with Crippen LogP contribution in [0.2, 0.25) is 5.02 Å². The van der Waals surface area contributed by atoms with E-state index in [0.717, 1.165) is 12.0 Å². The van der Waals surface area contributed by atoms with Crippen molar-refractivity contribution in [2.24, 2.45) is 5.92 Å². The Morgan fingerprint density at radius 2 is 1.92 bits per heavy atom. The minimum atomic E-state index is -0.790. The fraction of sp³-hybridized carbons (Fsp3) is 0.632. The number of amides is 1. The maximum Gasteiger partial charge on any atom is 0.407 e. The van der Waals surface area contributed by atoms with Crippen LogP contribution in [-0.4, -0.2) is 28.4 Å². The lowest BCUT2D eigenvalue weighted by molar-refractivity contribution is 0.0177. The Labute approximate surface area is 149 Å². The van der Waals surface area contributed by atoms with Crippen molar-refractivity contribution in [3.05, 3.63) is 34.9 Å². The number of rotatable bonds is 3. The van der Waals surface area contributed by atoms with E-state index >= 15 is 0 Å². The maximum absolute atomic E-state index is 12.2. The second-order valence-electron chi connectivity index (χ2n) is 8.24. The van der Waals surface area contributed by atoms with Crippen molar-refractivity contribution in [1.29, 1.82) is 0 Å². The van der Waals surface area contributed by atoms with Crippen molar-refractivity contribution in [1.82, 2.24) is 5.32 Å². The number of benzene rings is 1. The zero-order valence-corrected chi connectivity index (χ0v) is 15.9. The topological polar surface area (TPSA) is 58.6 Å². The smallest absolute Gasteiger partial charge is 0.407 e. The molecule has 0 spiro atoms. The molecule has 1 aliphatic rings. The van der Waals surface area contributed by atoms with Crippen LogP contribution in [0.1, 0.15) is 58.9 Å². The van der Waals surface area contributed by atoms with Crippen molar-refractivity contribution in [3.8, 4) is 0 Å². The van der Waals surface area contributed by atoms with Crippen molar-refractivity contribution in [2.75, 3.05) is 0 Å². The molecule has 2 rings (SSSR count). The minimum Gasteiger partial charge on any atom is -0.444 e. The number of hydrogen-bond acceptors (Lipinski definition) is 3. The van der Waals surface area contributed by atoms with Gasteiger partial charge in [0.25, 0.3) is 0 Å². The summed E-state index contributed by atoms with van der Waals surface area (Å²) >= 11 is 6.13. The van der Waals surface area contributed by atoms with Gasteiger partial charge in [0.1, 0.15) is 5.60 Å². The van der Waals surface area contributed by atoms with Crippen molar-refractivity contribution in [3.63, 3.8) is 0 Å². The molecule has 0 radical (unpaired) electrons. The first kappa shape index (κ1) is 19.1. The highest BCUT2D eigenvalue weighted by Crippen LogP contribution is 2.43. The monoisotopic (exact) mass is 353 g/mol. The molecule has 0 heterocycles. The summed E-state index contributed by atoms with van der Waals surface area (Å²) in [5.41, 5.74) is -0.249. The maximum atomic E-state index is 12.2. The average molecular weight is 354 g/mol. The zero-order chi connectivity index (χ0) is 18.1. The Morgan fingerprint density at radius 3 is 2.46 bits per heavy atom. The summed E-state index contributed by atoms with van der Waals surface area (Å²) in [6.45, 7) is 9.17. The van der Waals surface area contributed by atoms with Gasteiger partial charge in [-0.05, 0) is 71.1 Å². The van der Waals surface area contributed by atoms with Gasteiger partial charge in [0.15, 0.2) is 0 Å². The molecule has 0 bridgehead atoms. The molecule has 5 heteroatoms. The quantitative estimate of drug-likeness (QED) is 0.841. The van der Waals surface area contributed by atoms with Gasteiger partial charge in [-0.3, -0.25) is 0 Å². The highest BCUT2D eigenvalue weighted by Gasteiger charge is 2.42. The second kappa shape index (κ2) is 6.93. The van der Waals surface area contributed by atoms with Crippen LogP contribution in [0.15, 0.2) is 24.3 Å². The Bertz CT molecular complexity index is 589. The molecular formula is C19H28ClNO3. The van der Waals surface area contributed by atoms with Crippen LogP contribution in [0.3, 0.4) is 0 Å². The van der Waals surface area contributed by atoms with Gasteiger partial charge in [0.2, 0.25) is 0 Å². The molecule has 4 nitrogen and oxygen atoms in total. The van der Waals surface area contributed by atoms with Crippen molar-refractivity contribution < 1.29 is 14.6 Å². The van der Waals surface area contributed by atoms with E-state index in [2.05, 4.69) is 5.32 Å². The van der Waals surface area contributed by atoms with E-state index in [1.54, 1.807) is 0 Å². The first-order valence-electron chi connectivity index (χ1n) is 8.43. The zero-order valence-electron chi connectivity index (χ0n) is 15.1. The number of halogens is 1.